The van der Waals surface area contributed by atoms with Crippen molar-refractivity contribution in [2.45, 2.75) is 38.5 Å². The molecule has 0 aromatic carbocycles. The zero-order valence-corrected chi connectivity index (χ0v) is 12.5. The van der Waals surface area contributed by atoms with Gasteiger partial charge in [-0.25, -0.2) is 13.1 Å². The number of nitrogens with one attached hydrogen (secondary N) is 1. The summed E-state index contributed by atoms with van der Waals surface area (Å²) in [5.41, 5.74) is 0. The number of amides is 1. The SMILES string of the molecule is CC(C)[C@@H](CCO)NS(=O)(=O)[C@H](C)C(=O)N(C)C. The molecular weight excluding hydrogens is 256 g/mol. The lowest BCUT2D eigenvalue weighted by Crippen LogP contribution is -2.48. The van der Waals surface area contributed by atoms with Crippen molar-refractivity contribution in [2.75, 3.05) is 20.7 Å². The molecule has 0 heterocycles. The Hall–Kier alpha value is -0.660. The van der Waals surface area contributed by atoms with E-state index in [4.69, 9.17) is 5.11 Å². The van der Waals surface area contributed by atoms with E-state index in [9.17, 15) is 13.2 Å². The van der Waals surface area contributed by atoms with Gasteiger partial charge >= 0.3 is 0 Å². The van der Waals surface area contributed by atoms with Crippen molar-refractivity contribution in [3.05, 3.63) is 0 Å². The molecule has 2 atom stereocenters. The molecule has 0 saturated carbocycles. The smallest absolute Gasteiger partial charge is 0.241 e. The number of sulfonamides is 1. The van der Waals surface area contributed by atoms with Crippen molar-refractivity contribution in [3.8, 4) is 0 Å². The van der Waals surface area contributed by atoms with E-state index in [0.717, 1.165) is 0 Å². The summed E-state index contributed by atoms with van der Waals surface area (Å²) in [5.74, 6) is -0.414. The van der Waals surface area contributed by atoms with Gasteiger partial charge in [-0.1, -0.05) is 13.8 Å². The fourth-order valence-electron chi connectivity index (χ4n) is 1.48. The van der Waals surface area contributed by atoms with E-state index < -0.39 is 21.2 Å². The zero-order valence-electron chi connectivity index (χ0n) is 11.7. The molecule has 0 aliphatic heterocycles. The number of aliphatic hydroxyl groups is 1. The van der Waals surface area contributed by atoms with Crippen molar-refractivity contribution in [2.24, 2.45) is 5.92 Å². The highest BCUT2D eigenvalue weighted by molar-refractivity contribution is 7.90. The van der Waals surface area contributed by atoms with Gasteiger partial charge in [0.05, 0.1) is 0 Å². The van der Waals surface area contributed by atoms with Gasteiger partial charge in [-0.2, -0.15) is 0 Å². The Labute approximate surface area is 109 Å². The molecule has 0 aliphatic rings. The average molecular weight is 280 g/mol. The third kappa shape index (κ3) is 4.91. The van der Waals surface area contributed by atoms with Crippen molar-refractivity contribution in [1.82, 2.24) is 9.62 Å². The molecular formula is C11H24N2O4S. The number of carbonyl (C=O) groups excluding carboxylic acids is 1. The van der Waals surface area contributed by atoms with Gasteiger partial charge in [-0.05, 0) is 19.3 Å². The van der Waals surface area contributed by atoms with E-state index in [1.54, 1.807) is 0 Å². The van der Waals surface area contributed by atoms with Crippen LogP contribution >= 0.6 is 0 Å². The van der Waals surface area contributed by atoms with E-state index >= 15 is 0 Å². The van der Waals surface area contributed by atoms with Crippen molar-refractivity contribution in [1.29, 1.82) is 0 Å². The van der Waals surface area contributed by atoms with Crippen LogP contribution in [0, 0.1) is 5.92 Å². The summed E-state index contributed by atoms with van der Waals surface area (Å²) < 4.78 is 26.5. The van der Waals surface area contributed by atoms with Gasteiger partial charge in [-0.3, -0.25) is 4.79 Å². The van der Waals surface area contributed by atoms with E-state index in [1.807, 2.05) is 13.8 Å². The molecule has 0 rings (SSSR count). The van der Waals surface area contributed by atoms with Crippen LogP contribution in [0.5, 0.6) is 0 Å². The van der Waals surface area contributed by atoms with Crippen molar-refractivity contribution in [3.63, 3.8) is 0 Å². The Morgan fingerprint density at radius 1 is 1.28 bits per heavy atom. The van der Waals surface area contributed by atoms with E-state index in [0.29, 0.717) is 6.42 Å². The molecule has 0 aromatic heterocycles. The quantitative estimate of drug-likeness (QED) is 0.675. The second-order valence-electron chi connectivity index (χ2n) is 4.90. The lowest BCUT2D eigenvalue weighted by Gasteiger charge is -2.24. The Balaban J connectivity index is 4.88. The normalized spacial score (nSPS) is 15.5. The van der Waals surface area contributed by atoms with Crippen molar-refractivity contribution >= 4 is 15.9 Å². The summed E-state index contributed by atoms with van der Waals surface area (Å²) >= 11 is 0. The largest absolute Gasteiger partial charge is 0.396 e. The molecule has 0 spiro atoms. The second kappa shape index (κ2) is 7.06. The van der Waals surface area contributed by atoms with Gasteiger partial charge in [-0.15, -0.1) is 0 Å². The number of aliphatic hydroxyl groups excluding tert-OH is 1. The van der Waals surface area contributed by atoms with Crippen LogP contribution in [0.4, 0.5) is 0 Å². The summed E-state index contributed by atoms with van der Waals surface area (Å²) in [6.07, 6.45) is 0.333. The predicted molar refractivity (Wildman–Crippen MR) is 70.5 cm³/mol. The average Bonchev–Trinajstić information content (AvgIpc) is 2.25. The van der Waals surface area contributed by atoms with Gasteiger partial charge in [0.2, 0.25) is 15.9 Å². The maximum Gasteiger partial charge on any atom is 0.241 e. The minimum atomic E-state index is -3.72. The molecule has 7 heteroatoms. The minimum Gasteiger partial charge on any atom is -0.396 e. The van der Waals surface area contributed by atoms with Crippen LogP contribution in [-0.4, -0.2) is 56.3 Å². The molecule has 2 N–H and O–H groups in total. The molecule has 0 radical (unpaired) electrons. The Bertz CT molecular complexity index is 365. The number of rotatable bonds is 7. The van der Waals surface area contributed by atoms with Crippen LogP contribution in [0.15, 0.2) is 0 Å². The summed E-state index contributed by atoms with van der Waals surface area (Å²) in [6.45, 7) is 4.99. The zero-order chi connectivity index (χ0) is 14.5. The highest BCUT2D eigenvalue weighted by Crippen LogP contribution is 2.10. The third-order valence-electron chi connectivity index (χ3n) is 2.81. The molecule has 0 bridgehead atoms. The van der Waals surface area contributed by atoms with Gasteiger partial charge in [0.15, 0.2) is 5.25 Å². The first kappa shape index (κ1) is 17.3. The van der Waals surface area contributed by atoms with Crippen LogP contribution in [0.1, 0.15) is 27.2 Å². The van der Waals surface area contributed by atoms with Gasteiger partial charge < -0.3 is 10.0 Å². The third-order valence-corrected chi connectivity index (χ3v) is 4.58. The van der Waals surface area contributed by atoms with Crippen LogP contribution in [0.2, 0.25) is 0 Å². The summed E-state index contributed by atoms with van der Waals surface area (Å²) in [5, 5.41) is 7.78. The lowest BCUT2D eigenvalue weighted by molar-refractivity contribution is -0.127. The van der Waals surface area contributed by atoms with Crippen LogP contribution in [0.3, 0.4) is 0 Å². The number of nitrogens with zero attached hydrogens (tertiary/aromatic N) is 1. The number of carbonyl (C=O) groups is 1. The number of hydrogen-bond donors (Lipinski definition) is 2. The van der Waals surface area contributed by atoms with Crippen LogP contribution in [-0.2, 0) is 14.8 Å². The predicted octanol–water partition coefficient (Wildman–Crippen LogP) is -0.210. The molecule has 0 aromatic rings. The molecule has 18 heavy (non-hydrogen) atoms. The summed E-state index contributed by atoms with van der Waals surface area (Å²) in [4.78, 5) is 12.9. The Kier molecular flexibility index (Phi) is 6.80. The highest BCUT2D eigenvalue weighted by atomic mass is 32.2. The molecule has 0 unspecified atom stereocenters. The maximum atomic E-state index is 12.0. The second-order valence-corrected chi connectivity index (χ2v) is 6.93. The lowest BCUT2D eigenvalue weighted by atomic mass is 10.0. The maximum absolute atomic E-state index is 12.0. The van der Waals surface area contributed by atoms with E-state index in [1.165, 1.54) is 25.9 Å². The van der Waals surface area contributed by atoms with Gasteiger partial charge in [0, 0.05) is 26.7 Å². The standard InChI is InChI=1S/C11H24N2O4S/c1-8(2)10(6-7-14)12-18(16,17)9(3)11(15)13(4)5/h8-10,12,14H,6-7H2,1-5H3/t9-,10-/m1/s1. The highest BCUT2D eigenvalue weighted by Gasteiger charge is 2.31. The Morgan fingerprint density at radius 3 is 2.11 bits per heavy atom. The van der Waals surface area contributed by atoms with Crippen LogP contribution in [0.25, 0.3) is 0 Å². The number of hydrogen-bond acceptors (Lipinski definition) is 4. The summed E-state index contributed by atoms with van der Waals surface area (Å²) in [7, 11) is -0.692. The van der Waals surface area contributed by atoms with Gasteiger partial charge in [0.1, 0.15) is 0 Å². The monoisotopic (exact) mass is 280 g/mol. The van der Waals surface area contributed by atoms with E-state index in [2.05, 4.69) is 4.72 Å². The van der Waals surface area contributed by atoms with Gasteiger partial charge in [0.25, 0.3) is 0 Å². The molecule has 0 fully saturated rings. The van der Waals surface area contributed by atoms with Crippen LogP contribution < -0.4 is 4.72 Å². The fraction of sp³-hybridized carbons (Fsp3) is 0.909. The van der Waals surface area contributed by atoms with E-state index in [-0.39, 0.29) is 18.6 Å². The minimum absolute atomic E-state index is 0.0496. The first-order chi connectivity index (χ1) is 8.13. The molecule has 0 aliphatic carbocycles. The molecule has 1 amide bonds. The topological polar surface area (TPSA) is 86.7 Å². The first-order valence-corrected chi connectivity index (χ1v) is 7.51. The molecule has 0 saturated heterocycles. The fourth-order valence-corrected chi connectivity index (χ4v) is 2.97. The molecule has 6 nitrogen and oxygen atoms in total. The Morgan fingerprint density at radius 2 is 1.78 bits per heavy atom. The van der Waals surface area contributed by atoms with Crippen molar-refractivity contribution < 1.29 is 18.3 Å². The molecule has 108 valence electrons. The summed E-state index contributed by atoms with van der Waals surface area (Å²) in [6, 6.07) is -0.364. The first-order valence-electron chi connectivity index (χ1n) is 5.96.